The van der Waals surface area contributed by atoms with Crippen LogP contribution in [-0.2, 0) is 9.47 Å². The van der Waals surface area contributed by atoms with Crippen LogP contribution in [0.1, 0.15) is 38.9 Å². The minimum Gasteiger partial charge on any atom is -0.430 e. The lowest BCUT2D eigenvalue weighted by molar-refractivity contribution is -0.00243. The average Bonchev–Trinajstić information content (AvgIpc) is 2.37. The van der Waals surface area contributed by atoms with Crippen LogP contribution < -0.4 is 0 Å². The van der Waals surface area contributed by atoms with Crippen LogP contribution in [0.2, 0.25) is 0 Å². The summed E-state index contributed by atoms with van der Waals surface area (Å²) in [4.78, 5) is 11.2. The fourth-order valence-electron chi connectivity index (χ4n) is 1.50. The molecule has 1 rings (SSSR count). The van der Waals surface area contributed by atoms with Gasteiger partial charge in [0.1, 0.15) is 12.2 Å². The first-order valence-electron chi connectivity index (χ1n) is 6.62. The van der Waals surface area contributed by atoms with Gasteiger partial charge in [0.2, 0.25) is 0 Å². The van der Waals surface area contributed by atoms with Crippen molar-refractivity contribution in [2.45, 2.75) is 38.9 Å². The molecule has 1 aromatic rings. The zero-order valence-corrected chi connectivity index (χ0v) is 12.2. The van der Waals surface area contributed by atoms with Crippen molar-refractivity contribution >= 4 is 6.16 Å². The average molecular weight is 278 g/mol. The highest BCUT2D eigenvalue weighted by Gasteiger charge is 2.16. The maximum Gasteiger partial charge on any atom is 0.509 e. The molecule has 0 heterocycles. The Morgan fingerprint density at radius 3 is 2.50 bits per heavy atom. The predicted octanol–water partition coefficient (Wildman–Crippen LogP) is 3.62. The summed E-state index contributed by atoms with van der Waals surface area (Å²) in [7, 11) is 0. The second-order valence-corrected chi connectivity index (χ2v) is 5.41. The van der Waals surface area contributed by atoms with Gasteiger partial charge in [-0.1, -0.05) is 42.5 Å². The zero-order chi connectivity index (χ0) is 15.0. The number of hydrogen-bond acceptors (Lipinski definition) is 4. The van der Waals surface area contributed by atoms with Crippen molar-refractivity contribution in [2.75, 3.05) is 6.61 Å². The van der Waals surface area contributed by atoms with Crippen molar-refractivity contribution in [2.24, 2.45) is 0 Å². The molecule has 1 atom stereocenters. The van der Waals surface area contributed by atoms with E-state index in [-0.39, 0.29) is 6.61 Å². The molecule has 20 heavy (non-hydrogen) atoms. The Morgan fingerprint density at radius 1 is 1.25 bits per heavy atom. The van der Waals surface area contributed by atoms with Gasteiger partial charge in [0.25, 0.3) is 0 Å². The quantitative estimate of drug-likeness (QED) is 0.660. The molecule has 4 nitrogen and oxygen atoms in total. The minimum absolute atomic E-state index is 0.135. The molecule has 1 unspecified atom stereocenters. The van der Waals surface area contributed by atoms with E-state index in [4.69, 9.17) is 9.47 Å². The molecular weight excluding hydrogens is 256 g/mol. The van der Waals surface area contributed by atoms with Gasteiger partial charge in [-0.25, -0.2) is 4.79 Å². The number of ether oxygens (including phenoxy) is 2. The van der Waals surface area contributed by atoms with Crippen LogP contribution in [0.4, 0.5) is 4.79 Å². The number of aliphatic hydroxyl groups is 1. The minimum atomic E-state index is -0.689. The van der Waals surface area contributed by atoms with Crippen molar-refractivity contribution < 1.29 is 19.4 Å². The summed E-state index contributed by atoms with van der Waals surface area (Å²) in [5.41, 5.74) is 0.315. The summed E-state index contributed by atoms with van der Waals surface area (Å²) in [6, 6.07) is 9.41. The maximum atomic E-state index is 11.2. The fourth-order valence-corrected chi connectivity index (χ4v) is 1.50. The standard InChI is InChI=1S/C16H22O4/c1-16(2,3)20-15(18)19-12-8-7-11-14(17)13-9-5-4-6-10-13/h4-10,14,17H,11-12H2,1-3H3/b8-7+. The topological polar surface area (TPSA) is 55.8 Å². The van der Waals surface area contributed by atoms with Crippen molar-refractivity contribution in [1.82, 2.24) is 0 Å². The Kier molecular flexibility index (Phi) is 6.25. The number of carbonyl (C=O) groups is 1. The molecule has 0 amide bonds. The third-order valence-corrected chi connectivity index (χ3v) is 2.40. The molecule has 0 saturated heterocycles. The third-order valence-electron chi connectivity index (χ3n) is 2.40. The molecule has 1 aromatic carbocycles. The second kappa shape index (κ2) is 7.70. The number of aliphatic hydroxyl groups excluding tert-OH is 1. The first-order chi connectivity index (χ1) is 9.38. The highest BCUT2D eigenvalue weighted by molar-refractivity contribution is 5.60. The van der Waals surface area contributed by atoms with E-state index in [9.17, 15) is 9.90 Å². The van der Waals surface area contributed by atoms with Gasteiger partial charge in [0, 0.05) is 0 Å². The Labute approximate surface area is 120 Å². The van der Waals surface area contributed by atoms with Gasteiger partial charge < -0.3 is 14.6 Å². The molecule has 4 heteroatoms. The van der Waals surface area contributed by atoms with Crippen LogP contribution in [0, 0.1) is 0 Å². The SMILES string of the molecule is CC(C)(C)OC(=O)OC/C=C/CC(O)c1ccccc1. The van der Waals surface area contributed by atoms with E-state index in [0.29, 0.717) is 6.42 Å². The van der Waals surface area contributed by atoms with Crippen LogP contribution in [0.5, 0.6) is 0 Å². The van der Waals surface area contributed by atoms with E-state index in [1.807, 2.05) is 30.3 Å². The summed E-state index contributed by atoms with van der Waals surface area (Å²) in [5, 5.41) is 9.90. The maximum absolute atomic E-state index is 11.2. The van der Waals surface area contributed by atoms with E-state index in [1.165, 1.54) is 0 Å². The highest BCUT2D eigenvalue weighted by atomic mass is 16.7. The Morgan fingerprint density at radius 2 is 1.90 bits per heavy atom. The van der Waals surface area contributed by atoms with Crippen LogP contribution >= 0.6 is 0 Å². The molecule has 0 fully saturated rings. The first-order valence-corrected chi connectivity index (χ1v) is 6.62. The molecule has 0 aromatic heterocycles. The monoisotopic (exact) mass is 278 g/mol. The lowest BCUT2D eigenvalue weighted by atomic mass is 10.1. The number of benzene rings is 1. The molecule has 0 aliphatic heterocycles. The van der Waals surface area contributed by atoms with E-state index < -0.39 is 17.9 Å². The Hall–Kier alpha value is -1.81. The Bertz CT molecular complexity index is 432. The predicted molar refractivity (Wildman–Crippen MR) is 77.3 cm³/mol. The largest absolute Gasteiger partial charge is 0.509 e. The first kappa shape index (κ1) is 16.2. The molecule has 0 radical (unpaired) electrons. The Balaban J connectivity index is 2.24. The van der Waals surface area contributed by atoms with Gasteiger partial charge in [0.15, 0.2) is 0 Å². The molecule has 0 aliphatic carbocycles. The normalized spacial score (nSPS) is 13.2. The number of rotatable bonds is 5. The molecule has 0 bridgehead atoms. The van der Waals surface area contributed by atoms with E-state index >= 15 is 0 Å². The van der Waals surface area contributed by atoms with Crippen molar-refractivity contribution in [1.29, 1.82) is 0 Å². The van der Waals surface area contributed by atoms with E-state index in [0.717, 1.165) is 5.56 Å². The van der Waals surface area contributed by atoms with Gasteiger partial charge in [0.05, 0.1) is 6.10 Å². The van der Waals surface area contributed by atoms with Crippen molar-refractivity contribution in [3.63, 3.8) is 0 Å². The van der Waals surface area contributed by atoms with Crippen LogP contribution in [-0.4, -0.2) is 23.5 Å². The highest BCUT2D eigenvalue weighted by Crippen LogP contribution is 2.16. The smallest absolute Gasteiger partial charge is 0.430 e. The summed E-state index contributed by atoms with van der Waals surface area (Å²) >= 11 is 0. The van der Waals surface area contributed by atoms with E-state index in [1.54, 1.807) is 32.9 Å². The van der Waals surface area contributed by atoms with Crippen molar-refractivity contribution in [3.05, 3.63) is 48.0 Å². The summed E-state index contributed by atoms with van der Waals surface area (Å²) in [6.07, 6.45) is 2.71. The van der Waals surface area contributed by atoms with Gasteiger partial charge in [-0.05, 0) is 32.8 Å². The number of carbonyl (C=O) groups excluding carboxylic acids is 1. The molecule has 1 N–H and O–H groups in total. The van der Waals surface area contributed by atoms with Gasteiger partial charge in [-0.15, -0.1) is 0 Å². The molecule has 110 valence electrons. The molecular formula is C16H22O4. The molecule has 0 saturated carbocycles. The summed E-state index contributed by atoms with van der Waals surface area (Å²) in [5.74, 6) is 0. The molecule has 0 spiro atoms. The van der Waals surface area contributed by atoms with E-state index in [2.05, 4.69) is 0 Å². The fraction of sp³-hybridized carbons (Fsp3) is 0.438. The lowest BCUT2D eigenvalue weighted by Crippen LogP contribution is -2.24. The van der Waals surface area contributed by atoms with Crippen molar-refractivity contribution in [3.8, 4) is 0 Å². The zero-order valence-electron chi connectivity index (χ0n) is 12.2. The van der Waals surface area contributed by atoms with Gasteiger partial charge >= 0.3 is 6.16 Å². The summed E-state index contributed by atoms with van der Waals surface area (Å²) < 4.78 is 9.87. The molecule has 0 aliphatic rings. The van der Waals surface area contributed by atoms with Crippen LogP contribution in [0.3, 0.4) is 0 Å². The summed E-state index contributed by atoms with van der Waals surface area (Å²) in [6.45, 7) is 5.47. The van der Waals surface area contributed by atoms with Gasteiger partial charge in [-0.3, -0.25) is 0 Å². The van der Waals surface area contributed by atoms with Crippen LogP contribution in [0.15, 0.2) is 42.5 Å². The third kappa shape index (κ3) is 6.95. The second-order valence-electron chi connectivity index (χ2n) is 5.41. The number of hydrogen-bond donors (Lipinski definition) is 1. The van der Waals surface area contributed by atoms with Gasteiger partial charge in [-0.2, -0.15) is 0 Å². The lowest BCUT2D eigenvalue weighted by Gasteiger charge is -2.18. The van der Waals surface area contributed by atoms with Crippen LogP contribution in [0.25, 0.3) is 0 Å².